The Balaban J connectivity index is 1.93. The fraction of sp³-hybridized carbons (Fsp3) is 0.333. The predicted octanol–water partition coefficient (Wildman–Crippen LogP) is 0.187. The molecule has 0 aliphatic rings. The summed E-state index contributed by atoms with van der Waals surface area (Å²) in [6, 6.07) is 1.58. The number of aromatic nitrogens is 3. The molecule has 112 valence electrons. The van der Waals surface area contributed by atoms with Crippen molar-refractivity contribution in [3.63, 3.8) is 0 Å². The third-order valence-electron chi connectivity index (χ3n) is 2.63. The fourth-order valence-corrected chi connectivity index (χ4v) is 2.47. The Labute approximate surface area is 125 Å². The van der Waals surface area contributed by atoms with Crippen LogP contribution in [0.4, 0.5) is 5.00 Å². The molecule has 2 aromatic heterocycles. The Morgan fingerprint density at radius 1 is 1.48 bits per heavy atom. The maximum absolute atomic E-state index is 11.9. The van der Waals surface area contributed by atoms with E-state index in [-0.39, 0.29) is 12.5 Å². The summed E-state index contributed by atoms with van der Waals surface area (Å²) in [4.78, 5) is 23.1. The summed E-state index contributed by atoms with van der Waals surface area (Å²) < 4.78 is 1.44. The van der Waals surface area contributed by atoms with Crippen LogP contribution >= 0.6 is 11.3 Å². The molecule has 4 N–H and O–H groups in total. The molecule has 8 nitrogen and oxygen atoms in total. The van der Waals surface area contributed by atoms with Gasteiger partial charge in [-0.2, -0.15) is 0 Å². The average molecular weight is 308 g/mol. The number of anilines is 1. The van der Waals surface area contributed by atoms with Gasteiger partial charge in [-0.3, -0.25) is 9.59 Å². The first-order chi connectivity index (χ1) is 10.1. The van der Waals surface area contributed by atoms with E-state index in [2.05, 4.69) is 20.9 Å². The number of rotatable bonds is 7. The smallest absolute Gasteiger partial charge is 0.251 e. The molecule has 0 aliphatic carbocycles. The number of hydrogen-bond acceptors (Lipinski definition) is 6. The molecule has 0 saturated heterocycles. The van der Waals surface area contributed by atoms with Crippen molar-refractivity contribution in [2.24, 2.45) is 5.73 Å². The van der Waals surface area contributed by atoms with Crippen LogP contribution in [-0.4, -0.2) is 33.4 Å². The fourth-order valence-electron chi connectivity index (χ4n) is 1.66. The minimum absolute atomic E-state index is 0.0230. The summed E-state index contributed by atoms with van der Waals surface area (Å²) in [7, 11) is 0. The first-order valence-electron chi connectivity index (χ1n) is 6.37. The highest BCUT2D eigenvalue weighted by atomic mass is 32.1. The lowest BCUT2D eigenvalue weighted by Gasteiger charge is -2.04. The van der Waals surface area contributed by atoms with Gasteiger partial charge in [0, 0.05) is 6.54 Å². The van der Waals surface area contributed by atoms with Crippen LogP contribution in [0.1, 0.15) is 23.0 Å². The SMILES string of the molecule is CCNCc1cn(CC(=O)Nc2sccc2C(N)=O)nn1. The minimum atomic E-state index is -0.569. The van der Waals surface area contributed by atoms with E-state index in [1.807, 2.05) is 6.92 Å². The van der Waals surface area contributed by atoms with Crippen LogP contribution in [0, 0.1) is 0 Å². The molecule has 0 spiro atoms. The molecule has 0 aliphatic heterocycles. The molecule has 0 aromatic carbocycles. The predicted molar refractivity (Wildman–Crippen MR) is 78.9 cm³/mol. The molecular formula is C12H16N6O2S. The highest BCUT2D eigenvalue weighted by molar-refractivity contribution is 7.14. The van der Waals surface area contributed by atoms with Crippen molar-refractivity contribution in [3.8, 4) is 0 Å². The van der Waals surface area contributed by atoms with Gasteiger partial charge in [0.05, 0.1) is 17.5 Å². The van der Waals surface area contributed by atoms with Gasteiger partial charge in [0.25, 0.3) is 5.91 Å². The number of thiophene rings is 1. The van der Waals surface area contributed by atoms with Gasteiger partial charge in [-0.1, -0.05) is 12.1 Å². The molecule has 2 rings (SSSR count). The normalized spacial score (nSPS) is 10.5. The Hall–Kier alpha value is -2.26. The van der Waals surface area contributed by atoms with E-state index in [9.17, 15) is 9.59 Å². The van der Waals surface area contributed by atoms with Gasteiger partial charge in [-0.25, -0.2) is 4.68 Å². The third-order valence-corrected chi connectivity index (χ3v) is 3.46. The van der Waals surface area contributed by atoms with Crippen molar-refractivity contribution in [2.75, 3.05) is 11.9 Å². The monoisotopic (exact) mass is 308 g/mol. The van der Waals surface area contributed by atoms with Crippen LogP contribution in [0.5, 0.6) is 0 Å². The van der Waals surface area contributed by atoms with E-state index in [0.29, 0.717) is 17.1 Å². The molecule has 0 atom stereocenters. The van der Waals surface area contributed by atoms with Crippen molar-refractivity contribution < 1.29 is 9.59 Å². The van der Waals surface area contributed by atoms with Crippen molar-refractivity contribution in [3.05, 3.63) is 28.9 Å². The first kappa shape index (κ1) is 15.1. The number of amides is 2. The van der Waals surface area contributed by atoms with Gasteiger partial charge in [-0.15, -0.1) is 16.4 Å². The first-order valence-corrected chi connectivity index (χ1v) is 7.25. The number of nitrogens with zero attached hydrogens (tertiary/aromatic N) is 3. The van der Waals surface area contributed by atoms with Gasteiger partial charge in [0.2, 0.25) is 5.91 Å². The molecule has 0 bridgehead atoms. The second-order valence-electron chi connectivity index (χ2n) is 4.26. The Kier molecular flexibility index (Phi) is 5.01. The van der Waals surface area contributed by atoms with Gasteiger partial charge < -0.3 is 16.4 Å². The zero-order chi connectivity index (χ0) is 15.2. The van der Waals surface area contributed by atoms with E-state index >= 15 is 0 Å². The van der Waals surface area contributed by atoms with E-state index in [1.165, 1.54) is 16.0 Å². The van der Waals surface area contributed by atoms with Crippen LogP contribution < -0.4 is 16.4 Å². The second kappa shape index (κ2) is 6.95. The number of carbonyl (C=O) groups excluding carboxylic acids is 2. The van der Waals surface area contributed by atoms with Gasteiger partial charge in [0.15, 0.2) is 0 Å². The van der Waals surface area contributed by atoms with E-state index < -0.39 is 5.91 Å². The van der Waals surface area contributed by atoms with Crippen LogP contribution in [0.3, 0.4) is 0 Å². The molecule has 9 heteroatoms. The standard InChI is InChI=1S/C12H16N6O2S/c1-2-14-5-8-6-18(17-16-8)7-10(19)15-12-9(11(13)20)3-4-21-12/h3-4,6,14H,2,5,7H2,1H3,(H2,13,20)(H,15,19). The largest absolute Gasteiger partial charge is 0.366 e. The van der Waals surface area contributed by atoms with Gasteiger partial charge >= 0.3 is 0 Å². The molecule has 21 heavy (non-hydrogen) atoms. The zero-order valence-corrected chi connectivity index (χ0v) is 12.3. The summed E-state index contributed by atoms with van der Waals surface area (Å²) >= 11 is 1.25. The van der Waals surface area contributed by atoms with Crippen LogP contribution in [0.15, 0.2) is 17.6 Å². The highest BCUT2D eigenvalue weighted by Crippen LogP contribution is 2.22. The second-order valence-corrected chi connectivity index (χ2v) is 5.18. The molecule has 0 fully saturated rings. The Bertz CT molecular complexity index is 635. The number of carbonyl (C=O) groups is 2. The van der Waals surface area contributed by atoms with Crippen LogP contribution in [-0.2, 0) is 17.9 Å². The molecule has 2 aromatic rings. The van der Waals surface area contributed by atoms with Crippen molar-refractivity contribution in [2.45, 2.75) is 20.0 Å². The molecular weight excluding hydrogens is 292 g/mol. The van der Waals surface area contributed by atoms with Crippen LogP contribution in [0.25, 0.3) is 0 Å². The summed E-state index contributed by atoms with van der Waals surface area (Å²) in [5.74, 6) is -0.861. The lowest BCUT2D eigenvalue weighted by Crippen LogP contribution is -2.21. The van der Waals surface area contributed by atoms with E-state index in [0.717, 1.165) is 12.2 Å². The summed E-state index contributed by atoms with van der Waals surface area (Å²) in [5.41, 5.74) is 6.29. The Morgan fingerprint density at radius 2 is 2.29 bits per heavy atom. The van der Waals surface area contributed by atoms with Gasteiger partial charge in [-0.05, 0) is 18.0 Å². The molecule has 2 heterocycles. The molecule has 0 saturated carbocycles. The summed E-state index contributed by atoms with van der Waals surface area (Å²) in [6.07, 6.45) is 1.70. The quantitative estimate of drug-likeness (QED) is 0.675. The van der Waals surface area contributed by atoms with Gasteiger partial charge in [0.1, 0.15) is 11.5 Å². The number of nitrogens with two attached hydrogens (primary N) is 1. The van der Waals surface area contributed by atoms with E-state index in [1.54, 1.807) is 17.6 Å². The maximum atomic E-state index is 11.9. The minimum Gasteiger partial charge on any atom is -0.366 e. The van der Waals surface area contributed by atoms with Crippen LogP contribution in [0.2, 0.25) is 0 Å². The highest BCUT2D eigenvalue weighted by Gasteiger charge is 2.13. The maximum Gasteiger partial charge on any atom is 0.251 e. The van der Waals surface area contributed by atoms with E-state index in [4.69, 9.17) is 5.73 Å². The summed E-state index contributed by atoms with van der Waals surface area (Å²) in [5, 5.41) is 15.7. The zero-order valence-electron chi connectivity index (χ0n) is 11.5. The van der Waals surface area contributed by atoms with Crippen molar-refractivity contribution in [1.82, 2.24) is 20.3 Å². The number of primary amides is 1. The average Bonchev–Trinajstić information content (AvgIpc) is 3.05. The topological polar surface area (TPSA) is 115 Å². The Morgan fingerprint density at radius 3 is 3.00 bits per heavy atom. The summed E-state index contributed by atoms with van der Waals surface area (Å²) in [6.45, 7) is 3.46. The third kappa shape index (κ3) is 4.10. The number of hydrogen-bond donors (Lipinski definition) is 3. The molecule has 0 radical (unpaired) electrons. The number of nitrogens with one attached hydrogen (secondary N) is 2. The molecule has 0 unspecified atom stereocenters. The lowest BCUT2D eigenvalue weighted by molar-refractivity contribution is -0.116. The lowest BCUT2D eigenvalue weighted by atomic mass is 10.3. The molecule has 2 amide bonds. The van der Waals surface area contributed by atoms with Crippen molar-refractivity contribution in [1.29, 1.82) is 0 Å². The van der Waals surface area contributed by atoms with Crippen molar-refractivity contribution >= 4 is 28.2 Å².